The Kier molecular flexibility index (Phi) is 3.70. The van der Waals surface area contributed by atoms with Crippen molar-refractivity contribution in [2.45, 2.75) is 26.7 Å². The topological polar surface area (TPSA) is 34.1 Å². The molecule has 1 heterocycles. The van der Waals surface area contributed by atoms with Gasteiger partial charge in [-0.3, -0.25) is 0 Å². The first-order valence-electron chi connectivity index (χ1n) is 6.41. The highest BCUT2D eigenvalue weighted by atomic mass is 16.5. The van der Waals surface area contributed by atoms with Gasteiger partial charge in [-0.05, 0) is 42.7 Å². The second-order valence-electron chi connectivity index (χ2n) is 4.62. The van der Waals surface area contributed by atoms with Crippen LogP contribution in [0.2, 0.25) is 0 Å². The van der Waals surface area contributed by atoms with E-state index in [0.717, 1.165) is 22.5 Å². The first-order chi connectivity index (χ1) is 8.65. The van der Waals surface area contributed by atoms with Gasteiger partial charge in [0.15, 0.2) is 0 Å². The van der Waals surface area contributed by atoms with E-state index in [1.165, 1.54) is 5.56 Å². The van der Waals surface area contributed by atoms with Crippen LogP contribution in [0.5, 0.6) is 5.75 Å². The van der Waals surface area contributed by atoms with Crippen LogP contribution < -0.4 is 10.1 Å². The van der Waals surface area contributed by atoms with Crippen LogP contribution in [0, 0.1) is 0 Å². The van der Waals surface area contributed by atoms with Crippen molar-refractivity contribution in [2.24, 2.45) is 0 Å². The smallest absolute Gasteiger partial charge is 0.129 e. The molecule has 1 aromatic heterocycles. The maximum atomic E-state index is 5.53. The molecule has 0 bridgehead atoms. The van der Waals surface area contributed by atoms with E-state index in [-0.39, 0.29) is 0 Å². The number of hydrogen-bond acceptors (Lipinski definition) is 3. The quantitative estimate of drug-likeness (QED) is 0.888. The zero-order valence-electron chi connectivity index (χ0n) is 11.4. The zero-order valence-corrected chi connectivity index (χ0v) is 11.4. The summed E-state index contributed by atoms with van der Waals surface area (Å²) in [5.74, 6) is 2.31. The molecule has 18 heavy (non-hydrogen) atoms. The molecule has 0 saturated carbocycles. The number of benzene rings is 1. The average Bonchev–Trinajstić information content (AvgIpc) is 2.37. The molecule has 0 atom stereocenters. The first-order valence-corrected chi connectivity index (χ1v) is 6.41. The third-order valence-corrected chi connectivity index (χ3v) is 2.99. The molecule has 96 valence electrons. The second-order valence-corrected chi connectivity index (χ2v) is 4.62. The molecule has 0 unspecified atom stereocenters. The zero-order chi connectivity index (χ0) is 13.1. The van der Waals surface area contributed by atoms with Gasteiger partial charge >= 0.3 is 0 Å². The van der Waals surface area contributed by atoms with Crippen molar-refractivity contribution in [2.75, 3.05) is 19.0 Å². The number of aromatic nitrogens is 1. The van der Waals surface area contributed by atoms with Crippen LogP contribution in [0.25, 0.3) is 10.9 Å². The first kappa shape index (κ1) is 12.7. The summed E-state index contributed by atoms with van der Waals surface area (Å²) in [5, 5.41) is 4.29. The predicted octanol–water partition coefficient (Wildman–Crippen LogP) is 3.80. The summed E-state index contributed by atoms with van der Waals surface area (Å²) >= 11 is 0. The van der Waals surface area contributed by atoms with Crippen molar-refractivity contribution in [1.29, 1.82) is 0 Å². The van der Waals surface area contributed by atoms with E-state index in [9.17, 15) is 0 Å². The van der Waals surface area contributed by atoms with Gasteiger partial charge in [-0.2, -0.15) is 0 Å². The molecule has 2 rings (SSSR count). The molecular formula is C15H20N2O. The minimum Gasteiger partial charge on any atom is -0.494 e. The van der Waals surface area contributed by atoms with Crippen LogP contribution in [0.4, 0.5) is 5.82 Å². The van der Waals surface area contributed by atoms with E-state index >= 15 is 0 Å². The molecule has 1 N–H and O–H groups in total. The molecule has 0 aliphatic carbocycles. The largest absolute Gasteiger partial charge is 0.494 e. The molecule has 0 fully saturated rings. The minimum atomic E-state index is 0.445. The normalized spacial score (nSPS) is 10.9. The molecular weight excluding hydrogens is 224 g/mol. The van der Waals surface area contributed by atoms with Crippen LogP contribution in [-0.2, 0) is 0 Å². The number of pyridine rings is 1. The Morgan fingerprint density at radius 2 is 2.06 bits per heavy atom. The fourth-order valence-corrected chi connectivity index (χ4v) is 2.07. The number of nitrogens with one attached hydrogen (secondary N) is 1. The lowest BCUT2D eigenvalue weighted by Crippen LogP contribution is -2.01. The number of fused-ring (bicyclic) bond motifs is 1. The van der Waals surface area contributed by atoms with Crippen molar-refractivity contribution < 1.29 is 4.74 Å². The van der Waals surface area contributed by atoms with E-state index < -0.39 is 0 Å². The Morgan fingerprint density at radius 3 is 2.67 bits per heavy atom. The number of nitrogens with zero attached hydrogens (tertiary/aromatic N) is 1. The molecule has 2 aromatic rings. The summed E-state index contributed by atoms with van der Waals surface area (Å²) in [6, 6.07) is 8.22. The molecule has 3 heteroatoms. The van der Waals surface area contributed by atoms with E-state index in [1.54, 1.807) is 0 Å². The molecule has 0 aliphatic heterocycles. The van der Waals surface area contributed by atoms with Crippen molar-refractivity contribution in [3.8, 4) is 5.75 Å². The summed E-state index contributed by atoms with van der Waals surface area (Å²) in [6.07, 6.45) is 0. The Labute approximate surface area is 108 Å². The Bertz CT molecular complexity index is 549. The summed E-state index contributed by atoms with van der Waals surface area (Å²) in [6.45, 7) is 7.03. The van der Waals surface area contributed by atoms with Crippen molar-refractivity contribution >= 4 is 16.7 Å². The third-order valence-electron chi connectivity index (χ3n) is 2.99. The SMILES string of the molecule is CCOc1ccc2nc(NC)c(C(C)C)cc2c1. The highest BCUT2D eigenvalue weighted by Gasteiger charge is 2.09. The summed E-state index contributed by atoms with van der Waals surface area (Å²) in [7, 11) is 1.91. The van der Waals surface area contributed by atoms with Crippen molar-refractivity contribution in [3.05, 3.63) is 29.8 Å². The number of ether oxygens (including phenoxy) is 1. The summed E-state index contributed by atoms with van der Waals surface area (Å²) in [4.78, 5) is 4.65. The van der Waals surface area contributed by atoms with Gasteiger partial charge in [0.2, 0.25) is 0 Å². The van der Waals surface area contributed by atoms with Gasteiger partial charge in [-0.15, -0.1) is 0 Å². The highest BCUT2D eigenvalue weighted by Crippen LogP contribution is 2.28. The number of rotatable bonds is 4. The molecule has 0 radical (unpaired) electrons. The van der Waals surface area contributed by atoms with Crippen molar-refractivity contribution in [3.63, 3.8) is 0 Å². The molecule has 0 saturated heterocycles. The van der Waals surface area contributed by atoms with E-state index in [2.05, 4.69) is 36.3 Å². The lowest BCUT2D eigenvalue weighted by atomic mass is 10.0. The maximum Gasteiger partial charge on any atom is 0.129 e. The van der Waals surface area contributed by atoms with Crippen LogP contribution in [-0.4, -0.2) is 18.6 Å². The van der Waals surface area contributed by atoms with Gasteiger partial charge in [-0.25, -0.2) is 4.98 Å². The Hall–Kier alpha value is -1.77. The third kappa shape index (κ3) is 2.40. The van der Waals surface area contributed by atoms with E-state index in [0.29, 0.717) is 12.5 Å². The summed E-state index contributed by atoms with van der Waals surface area (Å²) < 4.78 is 5.53. The molecule has 1 aromatic carbocycles. The molecule has 0 aliphatic rings. The lowest BCUT2D eigenvalue weighted by molar-refractivity contribution is 0.340. The standard InChI is InChI=1S/C15H20N2O/c1-5-18-12-6-7-14-11(8-12)9-13(10(2)3)15(16-4)17-14/h6-10H,5H2,1-4H3,(H,16,17). The monoisotopic (exact) mass is 244 g/mol. The fourth-order valence-electron chi connectivity index (χ4n) is 2.07. The molecule has 3 nitrogen and oxygen atoms in total. The van der Waals surface area contributed by atoms with Gasteiger partial charge in [0.05, 0.1) is 12.1 Å². The fraction of sp³-hybridized carbons (Fsp3) is 0.400. The van der Waals surface area contributed by atoms with Crippen molar-refractivity contribution in [1.82, 2.24) is 4.98 Å². The predicted molar refractivity (Wildman–Crippen MR) is 76.5 cm³/mol. The van der Waals surface area contributed by atoms with Gasteiger partial charge in [0.25, 0.3) is 0 Å². The Morgan fingerprint density at radius 1 is 1.28 bits per heavy atom. The average molecular weight is 244 g/mol. The number of anilines is 1. The van der Waals surface area contributed by atoms with Gasteiger partial charge in [-0.1, -0.05) is 13.8 Å². The molecule has 0 amide bonds. The van der Waals surface area contributed by atoms with Crippen LogP contribution in [0.3, 0.4) is 0 Å². The van der Waals surface area contributed by atoms with Crippen LogP contribution in [0.15, 0.2) is 24.3 Å². The Balaban J connectivity index is 2.57. The van der Waals surface area contributed by atoms with Gasteiger partial charge in [0, 0.05) is 12.4 Å². The van der Waals surface area contributed by atoms with Crippen LogP contribution >= 0.6 is 0 Å². The second kappa shape index (κ2) is 5.25. The van der Waals surface area contributed by atoms with Crippen LogP contribution in [0.1, 0.15) is 32.3 Å². The minimum absolute atomic E-state index is 0.445. The highest BCUT2D eigenvalue weighted by molar-refractivity contribution is 5.83. The van der Waals surface area contributed by atoms with Gasteiger partial charge in [0.1, 0.15) is 11.6 Å². The number of hydrogen-bond donors (Lipinski definition) is 1. The summed E-state index contributed by atoms with van der Waals surface area (Å²) in [5.41, 5.74) is 2.23. The maximum absolute atomic E-state index is 5.53. The van der Waals surface area contributed by atoms with Gasteiger partial charge < -0.3 is 10.1 Å². The van der Waals surface area contributed by atoms with E-state index in [1.807, 2.05) is 26.1 Å². The van der Waals surface area contributed by atoms with E-state index in [4.69, 9.17) is 4.74 Å². The lowest BCUT2D eigenvalue weighted by Gasteiger charge is -2.13. The molecule has 0 spiro atoms.